The molecular weight excluding hydrogens is 362 g/mol. The lowest BCUT2D eigenvalue weighted by molar-refractivity contribution is -0.122. The number of imide groups is 1. The summed E-state index contributed by atoms with van der Waals surface area (Å²) in [5.41, 5.74) is 3.85. The monoisotopic (exact) mass is 387 g/mol. The maximum Gasteiger partial charge on any atom is 0.341 e. The van der Waals surface area contributed by atoms with E-state index in [0.29, 0.717) is 23.4 Å². The van der Waals surface area contributed by atoms with Gasteiger partial charge in [0.1, 0.15) is 5.00 Å². The van der Waals surface area contributed by atoms with Gasteiger partial charge in [0.25, 0.3) is 0 Å². The largest absolute Gasteiger partial charge is 0.462 e. The number of thiophene rings is 1. The molecule has 2 amide bonds. The van der Waals surface area contributed by atoms with Gasteiger partial charge in [-0.3, -0.25) is 9.59 Å². The van der Waals surface area contributed by atoms with Gasteiger partial charge < -0.3 is 4.74 Å². The quantitative estimate of drug-likeness (QED) is 0.446. The molecule has 4 rings (SSSR count). The number of esters is 1. The summed E-state index contributed by atoms with van der Waals surface area (Å²) in [7, 11) is 0. The molecule has 144 valence electrons. The highest BCUT2D eigenvalue weighted by Gasteiger charge is 2.51. The van der Waals surface area contributed by atoms with E-state index in [-0.39, 0.29) is 30.3 Å². The van der Waals surface area contributed by atoms with Crippen LogP contribution in [-0.2, 0) is 27.2 Å². The van der Waals surface area contributed by atoms with Crippen LogP contribution in [0.25, 0.3) is 0 Å². The van der Waals surface area contributed by atoms with Crippen LogP contribution >= 0.6 is 11.3 Å². The number of rotatable bonds is 3. The van der Waals surface area contributed by atoms with Crippen LogP contribution in [0.3, 0.4) is 0 Å². The zero-order valence-electron chi connectivity index (χ0n) is 16.1. The van der Waals surface area contributed by atoms with Crippen molar-refractivity contribution >= 4 is 34.1 Å². The van der Waals surface area contributed by atoms with Crippen LogP contribution in [0, 0.1) is 11.8 Å². The molecule has 0 saturated carbocycles. The summed E-state index contributed by atoms with van der Waals surface area (Å²) < 4.78 is 5.29. The molecule has 27 heavy (non-hydrogen) atoms. The minimum atomic E-state index is -0.409. The first-order valence-corrected chi connectivity index (χ1v) is 10.6. The normalized spacial score (nSPS) is 24.9. The molecule has 1 aromatic rings. The minimum absolute atomic E-state index is 0.152. The lowest BCUT2D eigenvalue weighted by Crippen LogP contribution is -2.31. The van der Waals surface area contributed by atoms with Crippen LogP contribution in [0.1, 0.15) is 67.3 Å². The van der Waals surface area contributed by atoms with Gasteiger partial charge in [0, 0.05) is 4.88 Å². The highest BCUT2D eigenvalue weighted by Crippen LogP contribution is 2.47. The fourth-order valence-corrected chi connectivity index (χ4v) is 5.96. The maximum atomic E-state index is 13.2. The van der Waals surface area contributed by atoms with Crippen molar-refractivity contribution in [3.8, 4) is 0 Å². The first-order chi connectivity index (χ1) is 12.9. The number of allylic oxidation sites excluding steroid dienone is 2. The van der Waals surface area contributed by atoms with Crippen LogP contribution in [0.2, 0.25) is 0 Å². The van der Waals surface area contributed by atoms with Crippen LogP contribution in [-0.4, -0.2) is 24.4 Å². The van der Waals surface area contributed by atoms with E-state index in [9.17, 15) is 14.4 Å². The molecule has 2 heterocycles. The number of carbonyl (C=O) groups excluding carboxylic acids is 3. The summed E-state index contributed by atoms with van der Waals surface area (Å²) in [6, 6.07) is 0. The Morgan fingerprint density at radius 3 is 2.26 bits per heavy atom. The minimum Gasteiger partial charge on any atom is -0.462 e. The van der Waals surface area contributed by atoms with E-state index in [1.165, 1.54) is 27.4 Å². The van der Waals surface area contributed by atoms with Crippen molar-refractivity contribution in [3.63, 3.8) is 0 Å². The average molecular weight is 388 g/mol. The van der Waals surface area contributed by atoms with Gasteiger partial charge in [0.2, 0.25) is 11.8 Å². The van der Waals surface area contributed by atoms with E-state index in [0.717, 1.165) is 36.1 Å². The van der Waals surface area contributed by atoms with E-state index in [2.05, 4.69) is 0 Å². The van der Waals surface area contributed by atoms with E-state index < -0.39 is 5.97 Å². The molecule has 1 saturated heterocycles. The lowest BCUT2D eigenvalue weighted by atomic mass is 9.78. The predicted molar refractivity (Wildman–Crippen MR) is 104 cm³/mol. The third kappa shape index (κ3) is 2.85. The molecule has 1 aliphatic heterocycles. The maximum absolute atomic E-state index is 13.2. The van der Waals surface area contributed by atoms with Crippen molar-refractivity contribution < 1.29 is 19.1 Å². The zero-order chi connectivity index (χ0) is 19.3. The second-order valence-electron chi connectivity index (χ2n) is 7.81. The van der Waals surface area contributed by atoms with Gasteiger partial charge in [-0.15, -0.1) is 11.3 Å². The Morgan fingerprint density at radius 2 is 1.67 bits per heavy atom. The number of hydrogen-bond acceptors (Lipinski definition) is 5. The van der Waals surface area contributed by atoms with Gasteiger partial charge in [-0.25, -0.2) is 9.69 Å². The zero-order valence-corrected chi connectivity index (χ0v) is 16.9. The topological polar surface area (TPSA) is 63.7 Å². The molecular formula is C21H25NO4S. The predicted octanol–water partition coefficient (Wildman–Crippen LogP) is 4.04. The van der Waals surface area contributed by atoms with Crippen molar-refractivity contribution in [2.24, 2.45) is 11.8 Å². The highest BCUT2D eigenvalue weighted by atomic mass is 32.1. The van der Waals surface area contributed by atoms with Gasteiger partial charge in [-0.1, -0.05) is 11.1 Å². The molecule has 2 atom stereocenters. The second kappa shape index (κ2) is 6.89. The third-order valence-electron chi connectivity index (χ3n) is 6.18. The molecule has 2 aliphatic carbocycles. The highest BCUT2D eigenvalue weighted by molar-refractivity contribution is 7.17. The smallest absolute Gasteiger partial charge is 0.341 e. The van der Waals surface area contributed by atoms with Crippen LogP contribution in [0.5, 0.6) is 0 Å². The van der Waals surface area contributed by atoms with Crippen molar-refractivity contribution in [3.05, 3.63) is 27.2 Å². The van der Waals surface area contributed by atoms with Gasteiger partial charge in [0.05, 0.1) is 24.0 Å². The standard InChI is InChI=1S/C21H25NO4S/c1-4-26-21(25)17-13-7-5-6-8-16(13)27-20(17)22-18(23)14-9-11(2)12(3)10-15(14)19(22)24/h14-15H,4-10H2,1-3H3/t14-,15-/m0/s1. The molecule has 3 aliphatic rings. The Morgan fingerprint density at radius 1 is 1.07 bits per heavy atom. The van der Waals surface area contributed by atoms with Gasteiger partial charge in [0.15, 0.2) is 0 Å². The summed E-state index contributed by atoms with van der Waals surface area (Å²) >= 11 is 1.44. The van der Waals surface area contributed by atoms with Crippen molar-refractivity contribution in [2.45, 2.75) is 59.3 Å². The number of aryl methyl sites for hydroxylation is 1. The molecule has 0 aromatic carbocycles. The van der Waals surface area contributed by atoms with E-state index in [1.807, 2.05) is 13.8 Å². The van der Waals surface area contributed by atoms with E-state index >= 15 is 0 Å². The summed E-state index contributed by atoms with van der Waals surface area (Å²) in [4.78, 5) is 41.5. The van der Waals surface area contributed by atoms with Gasteiger partial charge in [-0.2, -0.15) is 0 Å². The number of nitrogens with zero attached hydrogens (tertiary/aromatic N) is 1. The van der Waals surface area contributed by atoms with E-state index in [4.69, 9.17) is 4.74 Å². The van der Waals surface area contributed by atoms with Gasteiger partial charge in [-0.05, 0) is 64.9 Å². The molecule has 6 heteroatoms. The third-order valence-corrected chi connectivity index (χ3v) is 7.45. The Bertz CT molecular complexity index is 834. The second-order valence-corrected chi connectivity index (χ2v) is 8.89. The fourth-order valence-electron chi connectivity index (χ4n) is 4.57. The Hall–Kier alpha value is -1.95. The number of fused-ring (bicyclic) bond motifs is 2. The SMILES string of the molecule is CCOC(=O)c1c(N2C(=O)[C@H]3CC(C)=C(C)C[C@@H]3C2=O)sc2c1CCCC2. The summed E-state index contributed by atoms with van der Waals surface area (Å²) in [6.45, 7) is 6.13. The number of carbonyl (C=O) groups is 3. The number of amides is 2. The Labute approximate surface area is 163 Å². The van der Waals surface area contributed by atoms with E-state index in [1.54, 1.807) is 6.92 Å². The van der Waals surface area contributed by atoms with Gasteiger partial charge >= 0.3 is 5.97 Å². The molecule has 0 N–H and O–H groups in total. The van der Waals surface area contributed by atoms with Crippen LogP contribution in [0.15, 0.2) is 11.1 Å². The van der Waals surface area contributed by atoms with Crippen molar-refractivity contribution in [1.29, 1.82) is 0 Å². The lowest BCUT2D eigenvalue weighted by Gasteiger charge is -2.23. The molecule has 0 unspecified atom stereocenters. The van der Waals surface area contributed by atoms with Crippen molar-refractivity contribution in [1.82, 2.24) is 0 Å². The van der Waals surface area contributed by atoms with Crippen LogP contribution < -0.4 is 4.90 Å². The Balaban J connectivity index is 1.78. The fraction of sp³-hybridized carbons (Fsp3) is 0.571. The molecule has 0 radical (unpaired) electrons. The van der Waals surface area contributed by atoms with Crippen LogP contribution in [0.4, 0.5) is 5.00 Å². The Kier molecular flexibility index (Phi) is 4.70. The molecule has 0 bridgehead atoms. The number of ether oxygens (including phenoxy) is 1. The summed E-state index contributed by atoms with van der Waals surface area (Å²) in [5, 5.41) is 0.500. The molecule has 5 nitrogen and oxygen atoms in total. The first kappa shape index (κ1) is 18.4. The molecule has 1 aromatic heterocycles. The molecule has 1 fully saturated rings. The number of anilines is 1. The van der Waals surface area contributed by atoms with Crippen molar-refractivity contribution in [2.75, 3.05) is 11.5 Å². The summed E-state index contributed by atoms with van der Waals surface area (Å²) in [5.74, 6) is -1.31. The summed E-state index contributed by atoms with van der Waals surface area (Å²) in [6.07, 6.45) is 5.07. The first-order valence-electron chi connectivity index (χ1n) is 9.78. The molecule has 0 spiro atoms. The average Bonchev–Trinajstić information content (AvgIpc) is 3.12. The number of hydrogen-bond donors (Lipinski definition) is 0.